The first-order valence-corrected chi connectivity index (χ1v) is 11.3. The zero-order valence-corrected chi connectivity index (χ0v) is 17.8. The minimum absolute atomic E-state index is 0.213. The summed E-state index contributed by atoms with van der Waals surface area (Å²) in [7, 11) is -3.49. The Morgan fingerprint density at radius 1 is 1.11 bits per heavy atom. The van der Waals surface area contributed by atoms with Crippen molar-refractivity contribution in [2.24, 2.45) is 0 Å². The smallest absolute Gasteiger partial charge is 0.253 e. The molecular weight excluding hydrogens is 452 g/mol. The van der Waals surface area contributed by atoms with Gasteiger partial charge in [-0.3, -0.25) is 4.79 Å². The van der Waals surface area contributed by atoms with Crippen molar-refractivity contribution in [2.75, 3.05) is 13.1 Å². The third kappa shape index (κ3) is 4.90. The summed E-state index contributed by atoms with van der Waals surface area (Å²) in [6.45, 7) is 1.33. The summed E-state index contributed by atoms with van der Waals surface area (Å²) < 4.78 is 27.9. The third-order valence-electron chi connectivity index (χ3n) is 4.48. The Bertz CT molecular complexity index is 944. The van der Waals surface area contributed by atoms with Crippen LogP contribution in [0.4, 0.5) is 0 Å². The molecule has 0 unspecified atom stereocenters. The van der Waals surface area contributed by atoms with Gasteiger partial charge in [-0.25, -0.2) is 8.42 Å². The summed E-state index contributed by atoms with van der Waals surface area (Å²) in [4.78, 5) is 12.6. The van der Waals surface area contributed by atoms with Gasteiger partial charge in [-0.1, -0.05) is 46.1 Å². The van der Waals surface area contributed by atoms with Gasteiger partial charge in [-0.05, 0) is 48.7 Å². The average Bonchev–Trinajstić information content (AvgIpc) is 2.69. The maximum absolute atomic E-state index is 12.8. The fourth-order valence-corrected chi connectivity index (χ4v) is 5.17. The lowest BCUT2D eigenvalue weighted by Gasteiger charge is -2.26. The zero-order chi connectivity index (χ0) is 19.4. The van der Waals surface area contributed by atoms with Crippen molar-refractivity contribution in [3.63, 3.8) is 0 Å². The number of halogens is 2. The number of amides is 1. The first kappa shape index (κ1) is 20.3. The van der Waals surface area contributed by atoms with Gasteiger partial charge in [0.15, 0.2) is 0 Å². The number of hydrogen-bond donors (Lipinski definition) is 1. The van der Waals surface area contributed by atoms with Gasteiger partial charge in [0.25, 0.3) is 5.91 Å². The van der Waals surface area contributed by atoms with E-state index in [4.69, 9.17) is 11.6 Å². The van der Waals surface area contributed by atoms with Gasteiger partial charge in [-0.2, -0.15) is 4.31 Å². The molecule has 1 aliphatic rings. The molecule has 8 heteroatoms. The summed E-state index contributed by atoms with van der Waals surface area (Å²) >= 11 is 9.40. The molecule has 0 spiro atoms. The topological polar surface area (TPSA) is 66.5 Å². The first-order valence-electron chi connectivity index (χ1n) is 8.70. The van der Waals surface area contributed by atoms with Gasteiger partial charge in [0.1, 0.15) is 0 Å². The van der Waals surface area contributed by atoms with Gasteiger partial charge < -0.3 is 5.32 Å². The van der Waals surface area contributed by atoms with Crippen LogP contribution in [0.3, 0.4) is 0 Å². The van der Waals surface area contributed by atoms with Crippen LogP contribution in [0.1, 0.15) is 35.2 Å². The molecule has 1 saturated heterocycles. The number of hydrogen-bond acceptors (Lipinski definition) is 3. The van der Waals surface area contributed by atoms with Gasteiger partial charge in [0.2, 0.25) is 10.0 Å². The molecule has 1 amide bonds. The number of piperidine rings is 1. The molecule has 0 bridgehead atoms. The second-order valence-electron chi connectivity index (χ2n) is 6.42. The minimum atomic E-state index is -3.49. The van der Waals surface area contributed by atoms with Crippen molar-refractivity contribution in [3.8, 4) is 0 Å². The Hall–Kier alpha value is -1.41. The Labute approximate surface area is 172 Å². The van der Waals surface area contributed by atoms with E-state index in [9.17, 15) is 13.2 Å². The molecule has 1 heterocycles. The minimum Gasteiger partial charge on any atom is -0.348 e. The van der Waals surface area contributed by atoms with Crippen molar-refractivity contribution in [3.05, 3.63) is 63.1 Å². The molecule has 1 aliphatic heterocycles. The van der Waals surface area contributed by atoms with Crippen molar-refractivity contribution in [1.82, 2.24) is 9.62 Å². The summed E-state index contributed by atoms with van der Waals surface area (Å²) in [6, 6.07) is 11.8. The molecule has 0 saturated carbocycles. The van der Waals surface area contributed by atoms with Crippen LogP contribution in [0, 0.1) is 0 Å². The monoisotopic (exact) mass is 470 g/mol. The van der Waals surface area contributed by atoms with Crippen molar-refractivity contribution in [1.29, 1.82) is 0 Å². The molecule has 27 heavy (non-hydrogen) atoms. The summed E-state index contributed by atoms with van der Waals surface area (Å²) in [5, 5.41) is 3.15. The number of carbonyl (C=O) groups is 1. The first-order chi connectivity index (χ1) is 12.9. The zero-order valence-electron chi connectivity index (χ0n) is 14.6. The normalized spacial score (nSPS) is 15.5. The van der Waals surface area contributed by atoms with E-state index in [1.165, 1.54) is 4.31 Å². The molecular formula is C19H20BrClN2O3S. The number of rotatable bonds is 5. The molecule has 0 aromatic heterocycles. The molecule has 2 aromatic rings. The lowest BCUT2D eigenvalue weighted by molar-refractivity contribution is 0.0951. The van der Waals surface area contributed by atoms with Crippen LogP contribution in [-0.4, -0.2) is 31.7 Å². The van der Waals surface area contributed by atoms with Crippen molar-refractivity contribution < 1.29 is 13.2 Å². The number of carbonyl (C=O) groups excluding carboxylic acids is 1. The quantitative estimate of drug-likeness (QED) is 0.710. The maximum atomic E-state index is 12.8. The molecule has 5 nitrogen and oxygen atoms in total. The van der Waals surface area contributed by atoms with Crippen LogP contribution in [0.25, 0.3) is 0 Å². The second-order valence-corrected chi connectivity index (χ2v) is 9.68. The largest absolute Gasteiger partial charge is 0.348 e. The lowest BCUT2D eigenvalue weighted by atomic mass is 10.2. The van der Waals surface area contributed by atoms with Gasteiger partial charge in [0, 0.05) is 24.1 Å². The molecule has 0 aliphatic carbocycles. The Morgan fingerprint density at radius 3 is 2.59 bits per heavy atom. The Balaban J connectivity index is 1.72. The molecule has 3 rings (SSSR count). The van der Waals surface area contributed by atoms with Crippen LogP contribution in [0.15, 0.2) is 51.8 Å². The van der Waals surface area contributed by atoms with Crippen LogP contribution < -0.4 is 5.32 Å². The van der Waals surface area contributed by atoms with E-state index in [0.29, 0.717) is 29.2 Å². The van der Waals surface area contributed by atoms with Gasteiger partial charge in [-0.15, -0.1) is 0 Å². The van der Waals surface area contributed by atoms with E-state index in [-0.39, 0.29) is 17.3 Å². The van der Waals surface area contributed by atoms with Crippen LogP contribution in [-0.2, 0) is 16.6 Å². The van der Waals surface area contributed by atoms with E-state index in [0.717, 1.165) is 23.7 Å². The van der Waals surface area contributed by atoms with E-state index in [2.05, 4.69) is 21.2 Å². The highest BCUT2D eigenvalue weighted by molar-refractivity contribution is 9.10. The lowest BCUT2D eigenvalue weighted by Crippen LogP contribution is -2.35. The van der Waals surface area contributed by atoms with Crippen LogP contribution in [0.5, 0.6) is 0 Å². The van der Waals surface area contributed by atoms with E-state index in [1.807, 2.05) is 0 Å². The Morgan fingerprint density at radius 2 is 1.85 bits per heavy atom. The molecule has 144 valence electrons. The SMILES string of the molecule is O=C(NCc1cccc(S(=O)(=O)N2CCCCC2)c1)c1cc(Br)ccc1Cl. The predicted molar refractivity (Wildman–Crippen MR) is 109 cm³/mol. The highest BCUT2D eigenvalue weighted by Gasteiger charge is 2.26. The molecule has 2 aromatic carbocycles. The number of sulfonamides is 1. The molecule has 1 fully saturated rings. The summed E-state index contributed by atoms with van der Waals surface area (Å²) in [6.07, 6.45) is 2.85. The standard InChI is InChI=1S/C19H20BrClN2O3S/c20-15-7-8-18(21)17(12-15)19(24)22-13-14-5-4-6-16(11-14)27(25,26)23-9-2-1-3-10-23/h4-8,11-12H,1-3,9-10,13H2,(H,22,24). The molecule has 0 radical (unpaired) electrons. The van der Waals surface area contributed by atoms with E-state index >= 15 is 0 Å². The molecule has 1 N–H and O–H groups in total. The Kier molecular flexibility index (Phi) is 6.57. The van der Waals surface area contributed by atoms with Crippen LogP contribution >= 0.6 is 27.5 Å². The van der Waals surface area contributed by atoms with E-state index in [1.54, 1.807) is 42.5 Å². The highest BCUT2D eigenvalue weighted by atomic mass is 79.9. The second kappa shape index (κ2) is 8.73. The predicted octanol–water partition coefficient (Wildman–Crippen LogP) is 4.21. The summed E-state index contributed by atoms with van der Waals surface area (Å²) in [5.74, 6) is -0.314. The maximum Gasteiger partial charge on any atom is 0.253 e. The van der Waals surface area contributed by atoms with Gasteiger partial charge >= 0.3 is 0 Å². The number of nitrogens with one attached hydrogen (secondary N) is 1. The van der Waals surface area contributed by atoms with Crippen LogP contribution in [0.2, 0.25) is 5.02 Å². The van der Waals surface area contributed by atoms with Crippen molar-refractivity contribution in [2.45, 2.75) is 30.7 Å². The molecule has 0 atom stereocenters. The van der Waals surface area contributed by atoms with E-state index < -0.39 is 10.0 Å². The highest BCUT2D eigenvalue weighted by Crippen LogP contribution is 2.22. The number of nitrogens with zero attached hydrogens (tertiary/aromatic N) is 1. The van der Waals surface area contributed by atoms with Crippen molar-refractivity contribution >= 4 is 43.5 Å². The third-order valence-corrected chi connectivity index (χ3v) is 7.19. The van der Waals surface area contributed by atoms with Gasteiger partial charge in [0.05, 0.1) is 15.5 Å². The average molecular weight is 472 g/mol. The fraction of sp³-hybridized carbons (Fsp3) is 0.316. The number of benzene rings is 2. The summed E-state index contributed by atoms with van der Waals surface area (Å²) in [5.41, 5.74) is 1.08. The fourth-order valence-electron chi connectivity index (χ4n) is 3.02.